The molecule has 0 radical (unpaired) electrons. The topological polar surface area (TPSA) is 101 Å². The third-order valence-electron chi connectivity index (χ3n) is 3.23. The molecular weight excluding hydrogens is 244 g/mol. The Bertz CT molecular complexity index is 489. The second kappa shape index (κ2) is 5.60. The van der Waals surface area contributed by atoms with E-state index in [2.05, 4.69) is 5.32 Å². The average Bonchev–Trinajstić information content (AvgIpc) is 2.85. The van der Waals surface area contributed by atoms with Gasteiger partial charge in [-0.05, 0) is 31.0 Å². The zero-order chi connectivity index (χ0) is 13.8. The van der Waals surface area contributed by atoms with E-state index in [1.807, 2.05) is 12.1 Å². The minimum absolute atomic E-state index is 0.122. The highest BCUT2D eigenvalue weighted by atomic mass is 16.2. The van der Waals surface area contributed by atoms with Crippen LogP contribution in [0.25, 0.3) is 0 Å². The van der Waals surface area contributed by atoms with Crippen molar-refractivity contribution in [2.45, 2.75) is 18.9 Å². The molecule has 0 spiro atoms. The predicted octanol–water partition coefficient (Wildman–Crippen LogP) is 0.157. The lowest BCUT2D eigenvalue weighted by molar-refractivity contribution is -0.135. The fourth-order valence-corrected chi connectivity index (χ4v) is 2.29. The first kappa shape index (κ1) is 13.2. The van der Waals surface area contributed by atoms with E-state index in [-0.39, 0.29) is 12.5 Å². The van der Waals surface area contributed by atoms with Crippen LogP contribution in [0.3, 0.4) is 0 Å². The number of carbonyl (C=O) groups is 2. The van der Waals surface area contributed by atoms with E-state index in [1.54, 1.807) is 17.0 Å². The molecule has 2 rings (SSSR count). The van der Waals surface area contributed by atoms with Gasteiger partial charge in [0, 0.05) is 17.9 Å². The van der Waals surface area contributed by atoms with Gasteiger partial charge in [0.1, 0.15) is 6.04 Å². The zero-order valence-corrected chi connectivity index (χ0v) is 10.6. The van der Waals surface area contributed by atoms with Crippen LogP contribution in [0.1, 0.15) is 12.8 Å². The van der Waals surface area contributed by atoms with E-state index in [0.717, 1.165) is 12.1 Å². The summed E-state index contributed by atoms with van der Waals surface area (Å²) >= 11 is 0. The first-order chi connectivity index (χ1) is 9.08. The van der Waals surface area contributed by atoms with E-state index in [4.69, 9.17) is 11.5 Å². The summed E-state index contributed by atoms with van der Waals surface area (Å²) in [6, 6.07) is 6.71. The van der Waals surface area contributed by atoms with Crippen LogP contribution in [0, 0.1) is 0 Å². The molecule has 0 aliphatic carbocycles. The van der Waals surface area contributed by atoms with Gasteiger partial charge >= 0.3 is 0 Å². The number of hydrogen-bond donors (Lipinski definition) is 3. The number of nitrogens with one attached hydrogen (secondary N) is 1. The van der Waals surface area contributed by atoms with Crippen LogP contribution in [0.15, 0.2) is 24.3 Å². The number of nitrogens with two attached hydrogens (primary N) is 2. The Morgan fingerprint density at radius 3 is 2.89 bits per heavy atom. The average molecular weight is 262 g/mol. The Labute approximate surface area is 111 Å². The quantitative estimate of drug-likeness (QED) is 0.672. The monoisotopic (exact) mass is 262 g/mol. The number of primary amides is 1. The molecule has 0 saturated carbocycles. The van der Waals surface area contributed by atoms with Crippen molar-refractivity contribution in [2.75, 3.05) is 24.1 Å². The highest BCUT2D eigenvalue weighted by molar-refractivity contribution is 5.89. The lowest BCUT2D eigenvalue weighted by Gasteiger charge is -2.22. The molecule has 6 nitrogen and oxygen atoms in total. The smallest absolute Gasteiger partial charge is 0.242 e. The van der Waals surface area contributed by atoms with Crippen LogP contribution in [0.4, 0.5) is 11.4 Å². The van der Waals surface area contributed by atoms with Crippen LogP contribution in [0.5, 0.6) is 0 Å². The minimum Gasteiger partial charge on any atom is -0.399 e. The summed E-state index contributed by atoms with van der Waals surface area (Å²) in [5, 5.41) is 3.00. The molecule has 1 aromatic carbocycles. The molecule has 1 atom stereocenters. The molecule has 1 aliphatic rings. The van der Waals surface area contributed by atoms with Gasteiger partial charge in [0.25, 0.3) is 0 Å². The van der Waals surface area contributed by atoms with E-state index in [0.29, 0.717) is 18.7 Å². The summed E-state index contributed by atoms with van der Waals surface area (Å²) in [6.45, 7) is 0.721. The maximum Gasteiger partial charge on any atom is 0.242 e. The van der Waals surface area contributed by atoms with Crippen molar-refractivity contribution < 1.29 is 9.59 Å². The third-order valence-corrected chi connectivity index (χ3v) is 3.23. The molecule has 102 valence electrons. The maximum absolute atomic E-state index is 12.0. The number of hydrogen-bond acceptors (Lipinski definition) is 4. The standard InChI is InChI=1S/C13H18N4O2/c14-9-3-1-4-10(7-9)16-8-12(18)17-6-2-5-11(17)13(15)19/h1,3-4,7,11,16H,2,5-6,8,14H2,(H2,15,19). The number of nitrogens with zero attached hydrogens (tertiary/aromatic N) is 1. The zero-order valence-electron chi connectivity index (χ0n) is 10.6. The number of benzene rings is 1. The Hall–Kier alpha value is -2.24. The third kappa shape index (κ3) is 3.15. The van der Waals surface area contributed by atoms with Gasteiger partial charge in [-0.3, -0.25) is 9.59 Å². The second-order valence-corrected chi connectivity index (χ2v) is 4.63. The molecule has 1 saturated heterocycles. The van der Waals surface area contributed by atoms with Gasteiger partial charge < -0.3 is 21.7 Å². The van der Waals surface area contributed by atoms with Crippen molar-refractivity contribution in [1.29, 1.82) is 0 Å². The Kier molecular flexibility index (Phi) is 3.89. The molecule has 1 unspecified atom stereocenters. The van der Waals surface area contributed by atoms with Crippen molar-refractivity contribution in [3.63, 3.8) is 0 Å². The van der Waals surface area contributed by atoms with E-state index < -0.39 is 11.9 Å². The largest absolute Gasteiger partial charge is 0.399 e. The van der Waals surface area contributed by atoms with E-state index in [9.17, 15) is 9.59 Å². The molecule has 1 aliphatic heterocycles. The highest BCUT2D eigenvalue weighted by Gasteiger charge is 2.32. The fraction of sp³-hybridized carbons (Fsp3) is 0.385. The van der Waals surface area contributed by atoms with E-state index in [1.165, 1.54) is 0 Å². The number of likely N-dealkylation sites (tertiary alicyclic amines) is 1. The molecule has 19 heavy (non-hydrogen) atoms. The summed E-state index contributed by atoms with van der Waals surface area (Å²) in [5.74, 6) is -0.557. The molecule has 2 amide bonds. The molecule has 1 heterocycles. The van der Waals surface area contributed by atoms with Gasteiger partial charge in [0.2, 0.25) is 11.8 Å². The van der Waals surface area contributed by atoms with Crippen molar-refractivity contribution >= 4 is 23.2 Å². The number of amides is 2. The predicted molar refractivity (Wildman–Crippen MR) is 73.3 cm³/mol. The Balaban J connectivity index is 1.92. The highest BCUT2D eigenvalue weighted by Crippen LogP contribution is 2.17. The molecular formula is C13H18N4O2. The van der Waals surface area contributed by atoms with Crippen molar-refractivity contribution in [3.05, 3.63) is 24.3 Å². The van der Waals surface area contributed by atoms with Gasteiger partial charge in [-0.1, -0.05) is 6.07 Å². The number of anilines is 2. The summed E-state index contributed by atoms with van der Waals surface area (Å²) in [5.41, 5.74) is 12.3. The minimum atomic E-state index is -0.463. The lowest BCUT2D eigenvalue weighted by Crippen LogP contribution is -2.45. The maximum atomic E-state index is 12.0. The number of nitrogen functional groups attached to an aromatic ring is 1. The molecule has 0 bridgehead atoms. The second-order valence-electron chi connectivity index (χ2n) is 4.63. The van der Waals surface area contributed by atoms with Gasteiger partial charge in [-0.2, -0.15) is 0 Å². The summed E-state index contributed by atoms with van der Waals surface area (Å²) in [6.07, 6.45) is 1.47. The molecule has 1 fully saturated rings. The molecule has 1 aromatic rings. The summed E-state index contributed by atoms with van der Waals surface area (Å²) < 4.78 is 0. The van der Waals surface area contributed by atoms with Crippen LogP contribution in [-0.4, -0.2) is 35.8 Å². The first-order valence-electron chi connectivity index (χ1n) is 6.26. The fourth-order valence-electron chi connectivity index (χ4n) is 2.29. The molecule has 5 N–H and O–H groups in total. The van der Waals surface area contributed by atoms with Crippen molar-refractivity contribution in [2.24, 2.45) is 5.73 Å². The van der Waals surface area contributed by atoms with Crippen LogP contribution < -0.4 is 16.8 Å². The number of rotatable bonds is 4. The molecule has 0 aromatic heterocycles. The first-order valence-corrected chi connectivity index (χ1v) is 6.26. The van der Waals surface area contributed by atoms with Gasteiger partial charge in [0.15, 0.2) is 0 Å². The van der Waals surface area contributed by atoms with Crippen molar-refractivity contribution in [3.8, 4) is 0 Å². The molecule has 6 heteroatoms. The normalized spacial score (nSPS) is 18.3. The number of carbonyl (C=O) groups excluding carboxylic acids is 2. The summed E-state index contributed by atoms with van der Waals surface area (Å²) in [7, 11) is 0. The van der Waals surface area contributed by atoms with Crippen LogP contribution in [-0.2, 0) is 9.59 Å². The van der Waals surface area contributed by atoms with Gasteiger partial charge in [-0.25, -0.2) is 0 Å². The van der Waals surface area contributed by atoms with Crippen LogP contribution in [0.2, 0.25) is 0 Å². The summed E-state index contributed by atoms with van der Waals surface area (Å²) in [4.78, 5) is 24.8. The Morgan fingerprint density at radius 2 is 2.21 bits per heavy atom. The van der Waals surface area contributed by atoms with Gasteiger partial charge in [0.05, 0.1) is 6.54 Å². The van der Waals surface area contributed by atoms with Crippen LogP contribution >= 0.6 is 0 Å². The van der Waals surface area contributed by atoms with Crippen molar-refractivity contribution in [1.82, 2.24) is 4.90 Å². The lowest BCUT2D eigenvalue weighted by atomic mass is 10.2. The van der Waals surface area contributed by atoms with E-state index >= 15 is 0 Å². The van der Waals surface area contributed by atoms with Gasteiger partial charge in [-0.15, -0.1) is 0 Å². The Morgan fingerprint density at radius 1 is 1.42 bits per heavy atom. The SMILES string of the molecule is NC(=O)C1CCCN1C(=O)CNc1cccc(N)c1.